The molecule has 0 atom stereocenters. The van der Waals surface area contributed by atoms with E-state index in [9.17, 15) is 9.18 Å². The molecule has 0 bridgehead atoms. The summed E-state index contributed by atoms with van der Waals surface area (Å²) in [6, 6.07) is 7.73. The zero-order valence-corrected chi connectivity index (χ0v) is 12.1. The Bertz CT molecular complexity index is 684. The number of halogens is 1. The van der Waals surface area contributed by atoms with E-state index < -0.39 is 5.97 Å². The number of carbonyl (C=O) groups is 1. The minimum absolute atomic E-state index is 0.0969. The number of hydrogen-bond donors (Lipinski definition) is 2. The number of anilines is 2. The van der Waals surface area contributed by atoms with E-state index in [0.29, 0.717) is 22.8 Å². The summed E-state index contributed by atoms with van der Waals surface area (Å²) in [5.74, 6) is -0.850. The number of pyridine rings is 1. The van der Waals surface area contributed by atoms with E-state index in [1.54, 1.807) is 25.1 Å². The van der Waals surface area contributed by atoms with Crippen molar-refractivity contribution in [1.29, 1.82) is 0 Å². The van der Waals surface area contributed by atoms with Crippen LogP contribution in [0.3, 0.4) is 0 Å². The number of carboxylic acid groups (broad SMARTS) is 1. The average Bonchev–Trinajstić information content (AvgIpc) is 2.42. The Hall–Kier alpha value is -2.43. The lowest BCUT2D eigenvalue weighted by atomic mass is 10.1. The van der Waals surface area contributed by atoms with Crippen molar-refractivity contribution in [2.45, 2.75) is 26.7 Å². The molecule has 2 aromatic rings. The van der Waals surface area contributed by atoms with Gasteiger partial charge in [0.2, 0.25) is 0 Å². The number of hydrogen-bond acceptors (Lipinski definition) is 3. The maximum atomic E-state index is 13.5. The Balaban J connectivity index is 2.38. The quantitative estimate of drug-likeness (QED) is 0.889. The van der Waals surface area contributed by atoms with E-state index in [2.05, 4.69) is 10.3 Å². The van der Waals surface area contributed by atoms with Crippen molar-refractivity contribution in [1.82, 2.24) is 4.98 Å². The Morgan fingerprint density at radius 2 is 2.00 bits per heavy atom. The molecule has 0 saturated carbocycles. The minimum atomic E-state index is -1.02. The third kappa shape index (κ3) is 3.56. The van der Waals surface area contributed by atoms with E-state index in [-0.39, 0.29) is 17.3 Å². The highest BCUT2D eigenvalue weighted by molar-refractivity contribution is 5.88. The van der Waals surface area contributed by atoms with Crippen molar-refractivity contribution in [3.05, 3.63) is 53.0 Å². The first kappa shape index (κ1) is 15.0. The van der Waals surface area contributed by atoms with E-state index in [4.69, 9.17) is 5.11 Å². The summed E-state index contributed by atoms with van der Waals surface area (Å²) in [5, 5.41) is 12.1. The SMILES string of the molecule is Cc1ccc(Nc2cc(C(=O)O)cc(C(C)C)n2)cc1F. The highest BCUT2D eigenvalue weighted by Crippen LogP contribution is 2.22. The summed E-state index contributed by atoms with van der Waals surface area (Å²) in [5.41, 5.74) is 1.91. The van der Waals surface area contributed by atoms with Gasteiger partial charge in [0.15, 0.2) is 0 Å². The van der Waals surface area contributed by atoms with Gasteiger partial charge in [0.25, 0.3) is 0 Å². The Labute approximate surface area is 122 Å². The molecule has 2 rings (SSSR count). The Kier molecular flexibility index (Phi) is 4.21. The summed E-state index contributed by atoms with van der Waals surface area (Å²) >= 11 is 0. The van der Waals surface area contributed by atoms with Crippen LogP contribution in [0.5, 0.6) is 0 Å². The molecule has 0 aliphatic carbocycles. The second-order valence-electron chi connectivity index (χ2n) is 5.21. The van der Waals surface area contributed by atoms with Gasteiger partial charge in [-0.15, -0.1) is 0 Å². The summed E-state index contributed by atoms with van der Waals surface area (Å²) in [6.45, 7) is 5.55. The van der Waals surface area contributed by atoms with Crippen LogP contribution in [0.15, 0.2) is 30.3 Å². The van der Waals surface area contributed by atoms with Gasteiger partial charge in [0, 0.05) is 11.4 Å². The summed E-state index contributed by atoms with van der Waals surface area (Å²) < 4.78 is 13.5. The normalized spacial score (nSPS) is 10.7. The van der Waals surface area contributed by atoms with Crippen LogP contribution in [0.2, 0.25) is 0 Å². The smallest absolute Gasteiger partial charge is 0.335 e. The van der Waals surface area contributed by atoms with Gasteiger partial charge in [0.05, 0.1) is 5.56 Å². The third-order valence-electron chi connectivity index (χ3n) is 3.13. The lowest BCUT2D eigenvalue weighted by Crippen LogP contribution is -2.05. The molecule has 0 radical (unpaired) electrons. The number of benzene rings is 1. The average molecular weight is 288 g/mol. The molecule has 0 saturated heterocycles. The maximum Gasteiger partial charge on any atom is 0.335 e. The molecule has 2 N–H and O–H groups in total. The number of rotatable bonds is 4. The summed E-state index contributed by atoms with van der Waals surface area (Å²) in [7, 11) is 0. The monoisotopic (exact) mass is 288 g/mol. The predicted molar refractivity (Wildman–Crippen MR) is 79.7 cm³/mol. The van der Waals surface area contributed by atoms with Crippen LogP contribution < -0.4 is 5.32 Å². The zero-order chi connectivity index (χ0) is 15.6. The molecule has 1 aromatic carbocycles. The molecule has 0 aliphatic rings. The second-order valence-corrected chi connectivity index (χ2v) is 5.21. The first-order valence-electron chi connectivity index (χ1n) is 6.65. The molecule has 21 heavy (non-hydrogen) atoms. The van der Waals surface area contributed by atoms with Gasteiger partial charge in [-0.2, -0.15) is 0 Å². The fourth-order valence-corrected chi connectivity index (χ4v) is 1.85. The molecule has 0 aliphatic heterocycles. The van der Waals surface area contributed by atoms with Crippen molar-refractivity contribution in [3.63, 3.8) is 0 Å². The standard InChI is InChI=1S/C16H17FN2O2/c1-9(2)14-6-11(16(20)21)7-15(19-14)18-12-5-4-10(3)13(17)8-12/h4-9H,1-3H3,(H,18,19)(H,20,21). The highest BCUT2D eigenvalue weighted by atomic mass is 19.1. The van der Waals surface area contributed by atoms with Gasteiger partial charge in [-0.25, -0.2) is 14.2 Å². The van der Waals surface area contributed by atoms with Crippen LogP contribution in [0.1, 0.15) is 41.4 Å². The Morgan fingerprint density at radius 1 is 1.29 bits per heavy atom. The van der Waals surface area contributed by atoms with Crippen molar-refractivity contribution < 1.29 is 14.3 Å². The fraction of sp³-hybridized carbons (Fsp3) is 0.250. The second kappa shape index (κ2) is 5.91. The minimum Gasteiger partial charge on any atom is -0.478 e. The van der Waals surface area contributed by atoms with Gasteiger partial charge in [-0.05, 0) is 42.7 Å². The molecule has 110 valence electrons. The Morgan fingerprint density at radius 3 is 2.57 bits per heavy atom. The maximum absolute atomic E-state index is 13.5. The van der Waals surface area contributed by atoms with Gasteiger partial charge < -0.3 is 10.4 Å². The van der Waals surface area contributed by atoms with Crippen molar-refractivity contribution in [2.24, 2.45) is 0 Å². The zero-order valence-electron chi connectivity index (χ0n) is 12.1. The van der Waals surface area contributed by atoms with Crippen LogP contribution in [0.25, 0.3) is 0 Å². The number of aromatic carboxylic acids is 1. The van der Waals surface area contributed by atoms with E-state index in [1.165, 1.54) is 12.1 Å². The molecule has 0 fully saturated rings. The molecule has 1 aromatic heterocycles. The van der Waals surface area contributed by atoms with Crippen LogP contribution in [-0.4, -0.2) is 16.1 Å². The van der Waals surface area contributed by atoms with Gasteiger partial charge in [0.1, 0.15) is 11.6 Å². The van der Waals surface area contributed by atoms with Gasteiger partial charge in [-0.1, -0.05) is 19.9 Å². The topological polar surface area (TPSA) is 62.2 Å². The van der Waals surface area contributed by atoms with Crippen LogP contribution in [0.4, 0.5) is 15.9 Å². The molecule has 4 nitrogen and oxygen atoms in total. The number of carboxylic acids is 1. The van der Waals surface area contributed by atoms with E-state index in [0.717, 1.165) is 0 Å². The first-order valence-corrected chi connectivity index (χ1v) is 6.65. The van der Waals surface area contributed by atoms with Crippen molar-refractivity contribution in [2.75, 3.05) is 5.32 Å². The third-order valence-corrected chi connectivity index (χ3v) is 3.13. The fourth-order valence-electron chi connectivity index (χ4n) is 1.85. The molecule has 5 heteroatoms. The first-order chi connectivity index (χ1) is 9.86. The van der Waals surface area contributed by atoms with E-state index in [1.807, 2.05) is 13.8 Å². The van der Waals surface area contributed by atoms with Crippen molar-refractivity contribution >= 4 is 17.5 Å². The molecular formula is C16H17FN2O2. The number of aryl methyl sites for hydroxylation is 1. The number of nitrogens with one attached hydrogen (secondary N) is 1. The van der Waals surface area contributed by atoms with Crippen LogP contribution >= 0.6 is 0 Å². The number of aromatic nitrogens is 1. The number of nitrogens with zero attached hydrogens (tertiary/aromatic N) is 1. The highest BCUT2D eigenvalue weighted by Gasteiger charge is 2.11. The van der Waals surface area contributed by atoms with Crippen LogP contribution in [-0.2, 0) is 0 Å². The van der Waals surface area contributed by atoms with Gasteiger partial charge >= 0.3 is 5.97 Å². The van der Waals surface area contributed by atoms with Gasteiger partial charge in [-0.3, -0.25) is 0 Å². The lowest BCUT2D eigenvalue weighted by Gasteiger charge is -2.11. The molecule has 0 unspecified atom stereocenters. The van der Waals surface area contributed by atoms with Crippen molar-refractivity contribution in [3.8, 4) is 0 Å². The summed E-state index contributed by atoms with van der Waals surface area (Å²) in [6.07, 6.45) is 0. The van der Waals surface area contributed by atoms with Crippen LogP contribution in [0, 0.1) is 12.7 Å². The summed E-state index contributed by atoms with van der Waals surface area (Å²) in [4.78, 5) is 15.5. The predicted octanol–water partition coefficient (Wildman–Crippen LogP) is 4.09. The molecular weight excluding hydrogens is 271 g/mol. The lowest BCUT2D eigenvalue weighted by molar-refractivity contribution is 0.0696. The molecule has 1 heterocycles. The van der Waals surface area contributed by atoms with E-state index >= 15 is 0 Å². The molecule has 0 spiro atoms. The largest absolute Gasteiger partial charge is 0.478 e. The molecule has 0 amide bonds.